The second-order valence-electron chi connectivity index (χ2n) is 1.56. The van der Waals surface area contributed by atoms with Crippen LogP contribution in [-0.2, 0) is 9.47 Å². The Morgan fingerprint density at radius 1 is 1.25 bits per heavy atom. The first-order valence-corrected chi connectivity index (χ1v) is 3.24. The largest absolute Gasteiger partial charge is 0.508 e. The second-order valence-corrected chi connectivity index (χ2v) is 2.97. The van der Waals surface area contributed by atoms with Crippen LogP contribution in [-0.4, -0.2) is 33.7 Å². The van der Waals surface area contributed by atoms with Gasteiger partial charge in [-0.2, -0.15) is 0 Å². The fraction of sp³-hybridized carbons (Fsp3) is 0.500. The Kier molecular flexibility index (Phi) is 3.91. The molecule has 0 heterocycles. The zero-order chi connectivity index (χ0) is 9.78. The molecule has 8 heteroatoms. The van der Waals surface area contributed by atoms with E-state index in [1.165, 1.54) is 0 Å². The fourth-order valence-electron chi connectivity index (χ4n) is 0.303. The number of carboxylic acid groups (broad SMARTS) is 2. The Bertz CT molecular complexity index is 190. The zero-order valence-electron chi connectivity index (χ0n) is 5.49. The van der Waals surface area contributed by atoms with Crippen molar-refractivity contribution in [3.8, 4) is 0 Å². The zero-order valence-corrected chi connectivity index (χ0v) is 7.00. The van der Waals surface area contributed by atoms with Crippen molar-refractivity contribution in [3.63, 3.8) is 0 Å². The molecule has 0 saturated carbocycles. The van der Waals surface area contributed by atoms with E-state index in [-0.39, 0.29) is 0 Å². The van der Waals surface area contributed by atoms with Gasteiger partial charge in [0.15, 0.2) is 6.61 Å². The number of alkyl halides is 2. The highest BCUT2D eigenvalue weighted by Gasteiger charge is 2.31. The molecule has 0 amide bonds. The van der Waals surface area contributed by atoms with E-state index in [0.29, 0.717) is 0 Å². The van der Waals surface area contributed by atoms with Gasteiger partial charge < -0.3 is 19.7 Å². The average Bonchev–Trinajstić information content (AvgIpc) is 1.81. The second kappa shape index (κ2) is 4.22. The highest BCUT2D eigenvalue weighted by atomic mass is 35.5. The summed E-state index contributed by atoms with van der Waals surface area (Å²) >= 11 is 10.3. The van der Waals surface area contributed by atoms with Gasteiger partial charge in [-0.25, -0.2) is 9.59 Å². The van der Waals surface area contributed by atoms with E-state index in [1.54, 1.807) is 0 Å². The molecule has 0 atom stereocenters. The quantitative estimate of drug-likeness (QED) is 0.551. The van der Waals surface area contributed by atoms with Crippen LogP contribution in [0.25, 0.3) is 0 Å². The van der Waals surface area contributed by atoms with Crippen LogP contribution in [0.5, 0.6) is 0 Å². The molecule has 6 nitrogen and oxygen atoms in total. The van der Waals surface area contributed by atoms with Crippen molar-refractivity contribution in [2.24, 2.45) is 0 Å². The molecular weight excluding hydrogens is 215 g/mol. The Labute approximate surface area is 76.6 Å². The van der Waals surface area contributed by atoms with Crippen LogP contribution in [0.4, 0.5) is 9.59 Å². The van der Waals surface area contributed by atoms with Gasteiger partial charge in [0.1, 0.15) is 0 Å². The molecule has 0 aliphatic rings. The molecule has 70 valence electrons. The Morgan fingerprint density at radius 2 is 1.75 bits per heavy atom. The Hall–Kier alpha value is -0.880. The maximum Gasteiger partial charge on any atom is 0.508 e. The molecule has 0 aromatic carbocycles. The molecule has 0 saturated heterocycles. The SMILES string of the molecule is O=C(O)OCC(Cl)(Cl)OC(=O)O. The van der Waals surface area contributed by atoms with Crippen LogP contribution in [0.1, 0.15) is 0 Å². The van der Waals surface area contributed by atoms with Crippen LogP contribution >= 0.6 is 23.2 Å². The molecule has 0 aromatic heterocycles. The van der Waals surface area contributed by atoms with Crippen molar-refractivity contribution in [1.82, 2.24) is 0 Å². The van der Waals surface area contributed by atoms with E-state index in [1.807, 2.05) is 0 Å². The monoisotopic (exact) mass is 218 g/mol. The molecule has 0 fully saturated rings. The first kappa shape index (κ1) is 11.1. The lowest BCUT2D eigenvalue weighted by Gasteiger charge is -2.15. The average molecular weight is 219 g/mol. The van der Waals surface area contributed by atoms with Gasteiger partial charge in [-0.15, -0.1) is 0 Å². The van der Waals surface area contributed by atoms with Gasteiger partial charge in [-0.1, -0.05) is 23.2 Å². The summed E-state index contributed by atoms with van der Waals surface area (Å²) in [7, 11) is 0. The van der Waals surface area contributed by atoms with Gasteiger partial charge in [-0.05, 0) is 0 Å². The van der Waals surface area contributed by atoms with Gasteiger partial charge in [0.25, 0.3) is 4.52 Å². The number of carbonyl (C=O) groups is 2. The normalized spacial score (nSPS) is 10.5. The Morgan fingerprint density at radius 3 is 2.08 bits per heavy atom. The molecule has 0 rings (SSSR count). The first-order chi connectivity index (χ1) is 5.33. The lowest BCUT2D eigenvalue weighted by atomic mass is 10.7. The van der Waals surface area contributed by atoms with Gasteiger partial charge >= 0.3 is 12.3 Å². The standard InChI is InChI=1S/C4H4Cl2O6/c5-4(6,12-3(9)10)1-11-2(7)8/h1H2,(H,7,8)(H,9,10). The molecule has 12 heavy (non-hydrogen) atoms. The Balaban J connectivity index is 3.86. The number of hydrogen-bond acceptors (Lipinski definition) is 4. The number of halogens is 2. The molecule has 2 N–H and O–H groups in total. The van der Waals surface area contributed by atoms with E-state index in [2.05, 4.69) is 9.47 Å². The summed E-state index contributed by atoms with van der Waals surface area (Å²) < 4.78 is 5.52. The number of rotatable bonds is 3. The van der Waals surface area contributed by atoms with E-state index < -0.39 is 23.4 Å². The van der Waals surface area contributed by atoms with Crippen molar-refractivity contribution in [1.29, 1.82) is 0 Å². The molecule has 0 aliphatic carbocycles. The molecule has 0 aromatic rings. The van der Waals surface area contributed by atoms with E-state index >= 15 is 0 Å². The maximum absolute atomic E-state index is 9.87. The number of hydrogen-bond donors (Lipinski definition) is 2. The molecule has 0 bridgehead atoms. The van der Waals surface area contributed by atoms with Crippen LogP contribution < -0.4 is 0 Å². The summed E-state index contributed by atoms with van der Waals surface area (Å²) in [4.78, 5) is 19.7. The lowest BCUT2D eigenvalue weighted by molar-refractivity contribution is 0.0183. The topological polar surface area (TPSA) is 93.1 Å². The van der Waals surface area contributed by atoms with Crippen molar-refractivity contribution in [3.05, 3.63) is 0 Å². The van der Waals surface area contributed by atoms with Crippen molar-refractivity contribution in [2.75, 3.05) is 6.61 Å². The van der Waals surface area contributed by atoms with Crippen LogP contribution in [0.15, 0.2) is 0 Å². The van der Waals surface area contributed by atoms with Crippen molar-refractivity contribution < 1.29 is 29.3 Å². The van der Waals surface area contributed by atoms with Crippen LogP contribution in [0, 0.1) is 0 Å². The van der Waals surface area contributed by atoms with Crippen molar-refractivity contribution >= 4 is 35.5 Å². The highest BCUT2D eigenvalue weighted by molar-refractivity contribution is 6.47. The third-order valence-corrected chi connectivity index (χ3v) is 0.973. The summed E-state index contributed by atoms with van der Waals surface area (Å²) in [6.45, 7) is -0.794. The predicted molar refractivity (Wildman–Crippen MR) is 37.5 cm³/mol. The van der Waals surface area contributed by atoms with E-state index in [0.717, 1.165) is 0 Å². The van der Waals surface area contributed by atoms with Crippen LogP contribution in [0.2, 0.25) is 0 Å². The highest BCUT2D eigenvalue weighted by Crippen LogP contribution is 2.22. The summed E-state index contributed by atoms with van der Waals surface area (Å²) in [5, 5.41) is 16.0. The number of ether oxygens (including phenoxy) is 2. The molecule has 0 spiro atoms. The summed E-state index contributed by atoms with van der Waals surface area (Å²) in [6, 6.07) is 0. The smallest absolute Gasteiger partial charge is 0.450 e. The fourth-order valence-corrected chi connectivity index (χ4v) is 0.544. The van der Waals surface area contributed by atoms with Gasteiger partial charge in [-0.3, -0.25) is 0 Å². The third kappa shape index (κ3) is 5.87. The summed E-state index contributed by atoms with van der Waals surface area (Å²) in [5.41, 5.74) is 0. The summed E-state index contributed by atoms with van der Waals surface area (Å²) in [6.07, 6.45) is -3.36. The molecule has 0 radical (unpaired) electrons. The maximum atomic E-state index is 9.87. The van der Waals surface area contributed by atoms with E-state index in [9.17, 15) is 9.59 Å². The van der Waals surface area contributed by atoms with Gasteiger partial charge in [0.05, 0.1) is 0 Å². The lowest BCUT2D eigenvalue weighted by Crippen LogP contribution is -2.28. The van der Waals surface area contributed by atoms with Gasteiger partial charge in [0.2, 0.25) is 0 Å². The van der Waals surface area contributed by atoms with Crippen LogP contribution in [0.3, 0.4) is 0 Å². The minimum absolute atomic E-state index is 0.794. The van der Waals surface area contributed by atoms with Crippen molar-refractivity contribution in [2.45, 2.75) is 4.52 Å². The first-order valence-electron chi connectivity index (χ1n) is 2.49. The third-order valence-electron chi connectivity index (χ3n) is 0.600. The molecule has 0 unspecified atom stereocenters. The summed E-state index contributed by atoms with van der Waals surface area (Å²) in [5.74, 6) is 0. The van der Waals surface area contributed by atoms with Gasteiger partial charge in [0, 0.05) is 0 Å². The molecular formula is C4H4Cl2O6. The van der Waals surface area contributed by atoms with E-state index in [4.69, 9.17) is 33.4 Å². The predicted octanol–water partition coefficient (Wildman–Crippen LogP) is 1.51. The minimum atomic E-state index is -2.20. The minimum Gasteiger partial charge on any atom is -0.450 e. The molecule has 0 aliphatic heterocycles.